The number of benzene rings is 3. The van der Waals surface area contributed by atoms with Crippen LogP contribution in [0.4, 0.5) is 4.39 Å². The van der Waals surface area contributed by atoms with Gasteiger partial charge in [-0.15, -0.1) is 0 Å². The minimum atomic E-state index is -3.26. The van der Waals surface area contributed by atoms with Crippen LogP contribution in [0.3, 0.4) is 0 Å². The summed E-state index contributed by atoms with van der Waals surface area (Å²) in [6.07, 6.45) is 3.69. The molecule has 33 heavy (non-hydrogen) atoms. The molecule has 0 radical (unpaired) electrons. The molecule has 0 aromatic heterocycles. The highest BCUT2D eigenvalue weighted by atomic mass is 32.2. The van der Waals surface area contributed by atoms with Crippen molar-refractivity contribution in [3.8, 4) is 0 Å². The van der Waals surface area contributed by atoms with Gasteiger partial charge in [-0.05, 0) is 54.3 Å². The monoisotopic (exact) mass is 465 g/mol. The Hall–Kier alpha value is -3.38. The number of allylic oxidation sites excluding steroid dienone is 2. The van der Waals surface area contributed by atoms with E-state index in [-0.39, 0.29) is 16.5 Å². The zero-order valence-corrected chi connectivity index (χ0v) is 20.1. The van der Waals surface area contributed by atoms with Gasteiger partial charge in [-0.25, -0.2) is 12.8 Å². The van der Waals surface area contributed by atoms with E-state index in [9.17, 15) is 17.6 Å². The van der Waals surface area contributed by atoms with E-state index in [1.807, 2.05) is 43.3 Å². The topological polar surface area (TPSA) is 63.6 Å². The van der Waals surface area contributed by atoms with Crippen molar-refractivity contribution >= 4 is 33.0 Å². The number of halogens is 1. The highest BCUT2D eigenvalue weighted by Gasteiger charge is 2.15. The fourth-order valence-electron chi connectivity index (χ4n) is 3.20. The van der Waals surface area contributed by atoms with Crippen LogP contribution in [0.15, 0.2) is 88.8 Å². The second-order valence-electron chi connectivity index (χ2n) is 7.38. The number of carbonyl (C=O) groups is 1. The average Bonchev–Trinajstić information content (AvgIpc) is 2.79. The van der Waals surface area contributed by atoms with Gasteiger partial charge in [0.15, 0.2) is 15.6 Å². The molecule has 0 aliphatic carbocycles. The molecule has 0 saturated heterocycles. The Morgan fingerprint density at radius 2 is 1.58 bits per heavy atom. The van der Waals surface area contributed by atoms with Gasteiger partial charge in [0.1, 0.15) is 5.82 Å². The molecular weight excluding hydrogens is 437 g/mol. The second kappa shape index (κ2) is 12.0. The van der Waals surface area contributed by atoms with Crippen LogP contribution in [0.25, 0.3) is 11.1 Å². The first-order valence-corrected chi connectivity index (χ1v) is 12.3. The lowest BCUT2D eigenvalue weighted by Crippen LogP contribution is -2.03. The van der Waals surface area contributed by atoms with Gasteiger partial charge in [-0.2, -0.15) is 0 Å². The summed E-state index contributed by atoms with van der Waals surface area (Å²) in [5.74, 6) is -0.224. The van der Waals surface area contributed by atoms with Gasteiger partial charge in [-0.3, -0.25) is 9.79 Å². The summed E-state index contributed by atoms with van der Waals surface area (Å²) in [5.41, 5.74) is 3.80. The predicted octanol–water partition coefficient (Wildman–Crippen LogP) is 5.68. The number of aliphatic imine (C=N–C) groups is 1. The van der Waals surface area contributed by atoms with Crippen LogP contribution < -0.4 is 0 Å². The highest BCUT2D eigenvalue weighted by molar-refractivity contribution is 7.90. The maximum absolute atomic E-state index is 12.4. The lowest BCUT2D eigenvalue weighted by Gasteiger charge is -2.11. The van der Waals surface area contributed by atoms with Gasteiger partial charge < -0.3 is 0 Å². The Morgan fingerprint density at radius 3 is 2.03 bits per heavy atom. The smallest absolute Gasteiger partial charge is 0.175 e. The molecule has 3 aromatic rings. The standard InChI is InChI=1S/C19H19NO3S.C8H9F/c1-14(21)19(16-7-5-4-6-8-16)18(13-20-2)15-9-11-17(12-10-15)24(3,22)23;1-2-7-4-3-5-8(9)6-7/h4-13H,1-3H3;3-6H,2H2,1H3/b19-18-,20-13?;. The van der Waals surface area contributed by atoms with Gasteiger partial charge in [0.2, 0.25) is 0 Å². The van der Waals surface area contributed by atoms with Crippen molar-refractivity contribution in [3.63, 3.8) is 0 Å². The van der Waals surface area contributed by atoms with E-state index < -0.39 is 9.84 Å². The van der Waals surface area contributed by atoms with Crippen molar-refractivity contribution in [2.45, 2.75) is 25.2 Å². The molecule has 4 nitrogen and oxygen atoms in total. The maximum atomic E-state index is 12.4. The summed E-state index contributed by atoms with van der Waals surface area (Å²) in [5, 5.41) is 0. The molecule has 0 aliphatic heterocycles. The molecule has 0 atom stereocenters. The van der Waals surface area contributed by atoms with E-state index in [0.29, 0.717) is 11.1 Å². The maximum Gasteiger partial charge on any atom is 0.175 e. The van der Waals surface area contributed by atoms with E-state index in [2.05, 4.69) is 4.99 Å². The number of sulfone groups is 1. The molecule has 0 spiro atoms. The molecule has 0 unspecified atom stereocenters. The molecule has 0 heterocycles. The Kier molecular flexibility index (Phi) is 9.43. The zero-order chi connectivity index (χ0) is 24.4. The fourth-order valence-corrected chi connectivity index (χ4v) is 3.83. The van der Waals surface area contributed by atoms with Gasteiger partial charge in [-0.1, -0.05) is 61.5 Å². The minimum Gasteiger partial charge on any atom is -0.296 e. The largest absolute Gasteiger partial charge is 0.296 e. The molecule has 0 fully saturated rings. The predicted molar refractivity (Wildman–Crippen MR) is 134 cm³/mol. The second-order valence-corrected chi connectivity index (χ2v) is 9.39. The van der Waals surface area contributed by atoms with Crippen molar-refractivity contribution < 1.29 is 17.6 Å². The first kappa shape index (κ1) is 25.9. The van der Waals surface area contributed by atoms with Gasteiger partial charge >= 0.3 is 0 Å². The molecular formula is C27H28FNO3S. The van der Waals surface area contributed by atoms with Gasteiger partial charge in [0.25, 0.3) is 0 Å². The van der Waals surface area contributed by atoms with Crippen molar-refractivity contribution in [2.75, 3.05) is 13.3 Å². The van der Waals surface area contributed by atoms with Crippen LogP contribution in [0.5, 0.6) is 0 Å². The quantitative estimate of drug-likeness (QED) is 0.267. The third-order valence-electron chi connectivity index (χ3n) is 4.83. The summed E-state index contributed by atoms with van der Waals surface area (Å²) in [6, 6.07) is 22.5. The molecule has 0 aliphatic rings. The van der Waals surface area contributed by atoms with Crippen LogP contribution in [0.1, 0.15) is 30.5 Å². The molecule has 0 N–H and O–H groups in total. The Morgan fingerprint density at radius 1 is 0.939 bits per heavy atom. The fraction of sp³-hybridized carbons (Fsp3) is 0.185. The summed E-state index contributed by atoms with van der Waals surface area (Å²) < 4.78 is 35.6. The van der Waals surface area contributed by atoms with Gasteiger partial charge in [0.05, 0.1) is 4.90 Å². The number of carbonyl (C=O) groups excluding carboxylic acids is 1. The van der Waals surface area contributed by atoms with Crippen LogP contribution in [0.2, 0.25) is 0 Å². The van der Waals surface area contributed by atoms with Crippen LogP contribution in [-0.2, 0) is 21.1 Å². The summed E-state index contributed by atoms with van der Waals surface area (Å²) in [4.78, 5) is 16.5. The number of nitrogens with zero attached hydrogens (tertiary/aromatic N) is 1. The number of aryl methyl sites for hydroxylation is 1. The van der Waals surface area contributed by atoms with Crippen molar-refractivity contribution in [1.82, 2.24) is 0 Å². The number of hydrogen-bond acceptors (Lipinski definition) is 4. The first-order valence-electron chi connectivity index (χ1n) is 10.4. The van der Waals surface area contributed by atoms with E-state index in [0.717, 1.165) is 29.4 Å². The van der Waals surface area contributed by atoms with Crippen molar-refractivity contribution in [2.24, 2.45) is 4.99 Å². The zero-order valence-electron chi connectivity index (χ0n) is 19.2. The highest BCUT2D eigenvalue weighted by Crippen LogP contribution is 2.27. The lowest BCUT2D eigenvalue weighted by atomic mass is 9.93. The van der Waals surface area contributed by atoms with E-state index >= 15 is 0 Å². The van der Waals surface area contributed by atoms with Gasteiger partial charge in [0, 0.05) is 30.7 Å². The number of hydrogen-bond donors (Lipinski definition) is 0. The lowest BCUT2D eigenvalue weighted by molar-refractivity contribution is -0.111. The van der Waals surface area contributed by atoms with Crippen molar-refractivity contribution in [1.29, 1.82) is 0 Å². The summed E-state index contributed by atoms with van der Waals surface area (Å²) >= 11 is 0. The average molecular weight is 466 g/mol. The Balaban J connectivity index is 0.000000357. The number of Topliss-reactive ketones (excluding diaryl/α,β-unsaturated/α-hetero) is 1. The number of ketones is 1. The minimum absolute atomic E-state index is 0.0803. The van der Waals surface area contributed by atoms with Crippen LogP contribution in [-0.4, -0.2) is 33.7 Å². The van der Waals surface area contributed by atoms with E-state index in [1.54, 1.807) is 37.5 Å². The molecule has 0 amide bonds. The summed E-state index contributed by atoms with van der Waals surface area (Å²) in [7, 11) is -1.63. The van der Waals surface area contributed by atoms with E-state index in [1.165, 1.54) is 25.1 Å². The normalized spacial score (nSPS) is 12.0. The molecule has 3 rings (SSSR count). The molecule has 172 valence electrons. The number of rotatable bonds is 6. The molecule has 0 saturated carbocycles. The van der Waals surface area contributed by atoms with Crippen LogP contribution in [0, 0.1) is 5.82 Å². The Bertz CT molecular complexity index is 1250. The van der Waals surface area contributed by atoms with Crippen molar-refractivity contribution in [3.05, 3.63) is 101 Å². The SMILES string of the molecule is CCc1cccc(F)c1.CN=C/C(=C(\C(C)=O)c1ccccc1)c1ccc(S(C)(=O)=O)cc1. The third kappa shape index (κ3) is 7.61. The summed E-state index contributed by atoms with van der Waals surface area (Å²) in [6.45, 7) is 3.52. The molecule has 6 heteroatoms. The van der Waals surface area contributed by atoms with E-state index in [4.69, 9.17) is 0 Å². The van der Waals surface area contributed by atoms with Crippen LogP contribution >= 0.6 is 0 Å². The first-order chi connectivity index (χ1) is 15.7. The molecule has 3 aromatic carbocycles. The third-order valence-corrected chi connectivity index (χ3v) is 5.96. The Labute approximate surface area is 195 Å². The molecule has 0 bridgehead atoms.